The highest BCUT2D eigenvalue weighted by Gasteiger charge is 2.26. The van der Waals surface area contributed by atoms with Gasteiger partial charge in [-0.25, -0.2) is 9.97 Å². The maximum absolute atomic E-state index is 5.95. The van der Waals surface area contributed by atoms with Crippen molar-refractivity contribution in [2.24, 2.45) is 0 Å². The Bertz CT molecular complexity index is 472. The summed E-state index contributed by atoms with van der Waals surface area (Å²) in [7, 11) is 0. The Hall–Kier alpha value is -1.04. The molecule has 1 saturated heterocycles. The Morgan fingerprint density at radius 2 is 2.24 bits per heavy atom. The van der Waals surface area contributed by atoms with Crippen molar-refractivity contribution in [1.29, 1.82) is 0 Å². The van der Waals surface area contributed by atoms with E-state index in [2.05, 4.69) is 24.1 Å². The Morgan fingerprint density at radius 3 is 3.05 bits per heavy atom. The van der Waals surface area contributed by atoms with Gasteiger partial charge in [-0.15, -0.1) is 0 Å². The average Bonchev–Trinajstić information content (AvgIpc) is 2.54. The van der Waals surface area contributed by atoms with Crippen LogP contribution < -0.4 is 5.32 Å². The molecule has 1 unspecified atom stereocenters. The number of fused-ring (bicyclic) bond motifs is 1. The smallest absolute Gasteiger partial charge is 0.158 e. The van der Waals surface area contributed by atoms with Crippen molar-refractivity contribution in [1.82, 2.24) is 20.2 Å². The van der Waals surface area contributed by atoms with Crippen molar-refractivity contribution in [3.8, 4) is 0 Å². The van der Waals surface area contributed by atoms with E-state index < -0.39 is 0 Å². The first kappa shape index (κ1) is 14.9. The highest BCUT2D eigenvalue weighted by molar-refractivity contribution is 5.29. The van der Waals surface area contributed by atoms with Crippen LogP contribution in [-0.4, -0.2) is 47.7 Å². The van der Waals surface area contributed by atoms with Gasteiger partial charge in [0, 0.05) is 43.9 Å². The molecule has 0 amide bonds. The Morgan fingerprint density at radius 1 is 1.33 bits per heavy atom. The minimum atomic E-state index is 0.0378. The molecule has 1 N–H and O–H groups in total. The summed E-state index contributed by atoms with van der Waals surface area (Å²) in [4.78, 5) is 12.1. The van der Waals surface area contributed by atoms with Crippen LogP contribution in [0.1, 0.15) is 49.1 Å². The van der Waals surface area contributed by atoms with Gasteiger partial charge in [-0.05, 0) is 19.4 Å². The van der Waals surface area contributed by atoms with Gasteiger partial charge in [0.15, 0.2) is 5.82 Å². The van der Waals surface area contributed by atoms with Crippen molar-refractivity contribution in [2.75, 3.05) is 32.8 Å². The molecule has 21 heavy (non-hydrogen) atoms. The zero-order chi connectivity index (χ0) is 14.7. The highest BCUT2D eigenvalue weighted by atomic mass is 16.5. The van der Waals surface area contributed by atoms with E-state index in [4.69, 9.17) is 14.7 Å². The summed E-state index contributed by atoms with van der Waals surface area (Å²) in [6, 6.07) is 0. The lowest BCUT2D eigenvalue weighted by atomic mass is 10.0. The van der Waals surface area contributed by atoms with E-state index >= 15 is 0 Å². The minimum Gasteiger partial charge on any atom is -0.368 e. The summed E-state index contributed by atoms with van der Waals surface area (Å²) in [6.45, 7) is 10.2. The molecule has 5 heteroatoms. The fourth-order valence-electron chi connectivity index (χ4n) is 3.25. The van der Waals surface area contributed by atoms with E-state index in [1.54, 1.807) is 0 Å². The molecule has 1 fully saturated rings. The van der Waals surface area contributed by atoms with Gasteiger partial charge >= 0.3 is 0 Å². The Labute approximate surface area is 127 Å². The second-order valence-electron chi connectivity index (χ2n) is 5.89. The van der Waals surface area contributed by atoms with E-state index in [9.17, 15) is 0 Å². The van der Waals surface area contributed by atoms with Crippen LogP contribution in [0, 0.1) is 0 Å². The first-order valence-electron chi connectivity index (χ1n) is 8.25. The molecule has 0 spiro atoms. The van der Waals surface area contributed by atoms with Gasteiger partial charge < -0.3 is 10.1 Å². The van der Waals surface area contributed by atoms with Gasteiger partial charge in [-0.1, -0.05) is 13.8 Å². The van der Waals surface area contributed by atoms with Crippen molar-refractivity contribution in [3.05, 3.63) is 22.8 Å². The monoisotopic (exact) mass is 290 g/mol. The molecule has 3 rings (SSSR count). The molecule has 0 bridgehead atoms. The molecule has 2 aliphatic heterocycles. The van der Waals surface area contributed by atoms with Crippen LogP contribution in [0.5, 0.6) is 0 Å². The SMILES string of the molecule is CCCN1CCOC(c2nc(CC)c3c(n2)CCNC3)C1. The van der Waals surface area contributed by atoms with Crippen LogP contribution in [0.4, 0.5) is 0 Å². The second-order valence-corrected chi connectivity index (χ2v) is 5.89. The molecule has 5 nitrogen and oxygen atoms in total. The normalized spacial score (nSPS) is 23.0. The first-order valence-corrected chi connectivity index (χ1v) is 8.25. The van der Waals surface area contributed by atoms with E-state index in [-0.39, 0.29) is 6.10 Å². The highest BCUT2D eigenvalue weighted by Crippen LogP contribution is 2.23. The van der Waals surface area contributed by atoms with Crippen molar-refractivity contribution in [2.45, 2.75) is 45.8 Å². The summed E-state index contributed by atoms with van der Waals surface area (Å²) in [5, 5.41) is 3.42. The zero-order valence-electron chi connectivity index (χ0n) is 13.2. The standard InChI is InChI=1S/C16H26N4O/c1-3-7-20-8-9-21-15(11-20)16-18-13(4-2)12-10-17-6-5-14(12)19-16/h15,17H,3-11H2,1-2H3. The molecule has 0 saturated carbocycles. The van der Waals surface area contributed by atoms with Crippen molar-refractivity contribution < 1.29 is 4.74 Å². The lowest BCUT2D eigenvalue weighted by Crippen LogP contribution is -2.39. The first-order chi connectivity index (χ1) is 10.3. The van der Waals surface area contributed by atoms with Gasteiger partial charge in [0.25, 0.3) is 0 Å². The van der Waals surface area contributed by atoms with E-state index in [1.165, 1.54) is 23.4 Å². The molecule has 2 aliphatic rings. The molecule has 0 aliphatic carbocycles. The summed E-state index contributed by atoms with van der Waals surface area (Å²) in [5.74, 6) is 0.897. The predicted octanol–water partition coefficient (Wildman–Crippen LogP) is 1.47. The van der Waals surface area contributed by atoms with Gasteiger partial charge in [0.05, 0.1) is 12.3 Å². The van der Waals surface area contributed by atoms with Gasteiger partial charge in [-0.3, -0.25) is 4.90 Å². The molecule has 3 heterocycles. The van der Waals surface area contributed by atoms with Gasteiger partial charge in [0.1, 0.15) is 6.10 Å². The van der Waals surface area contributed by atoms with Crippen molar-refractivity contribution >= 4 is 0 Å². The fourth-order valence-corrected chi connectivity index (χ4v) is 3.25. The number of aryl methyl sites for hydroxylation is 1. The number of hydrogen-bond acceptors (Lipinski definition) is 5. The van der Waals surface area contributed by atoms with E-state index in [0.717, 1.165) is 58.0 Å². The van der Waals surface area contributed by atoms with Crippen LogP contribution in [0.25, 0.3) is 0 Å². The predicted molar refractivity (Wildman–Crippen MR) is 82.2 cm³/mol. The van der Waals surface area contributed by atoms with E-state index in [0.29, 0.717) is 0 Å². The molecular weight excluding hydrogens is 264 g/mol. The van der Waals surface area contributed by atoms with E-state index in [1.807, 2.05) is 0 Å². The third kappa shape index (κ3) is 3.25. The summed E-state index contributed by atoms with van der Waals surface area (Å²) in [5.41, 5.74) is 3.74. The molecule has 0 radical (unpaired) electrons. The number of aromatic nitrogens is 2. The number of morpholine rings is 1. The summed E-state index contributed by atoms with van der Waals surface area (Å²) < 4.78 is 5.95. The van der Waals surface area contributed by atoms with Crippen LogP contribution in [0.15, 0.2) is 0 Å². The lowest BCUT2D eigenvalue weighted by Gasteiger charge is -2.32. The third-order valence-corrected chi connectivity index (χ3v) is 4.35. The quantitative estimate of drug-likeness (QED) is 0.910. The van der Waals surface area contributed by atoms with Crippen molar-refractivity contribution in [3.63, 3.8) is 0 Å². The van der Waals surface area contributed by atoms with Crippen LogP contribution in [-0.2, 0) is 24.1 Å². The summed E-state index contributed by atoms with van der Waals surface area (Å²) >= 11 is 0. The average molecular weight is 290 g/mol. The second kappa shape index (κ2) is 6.81. The number of nitrogens with one attached hydrogen (secondary N) is 1. The fraction of sp³-hybridized carbons (Fsp3) is 0.750. The largest absolute Gasteiger partial charge is 0.368 e. The van der Waals surface area contributed by atoms with Crippen LogP contribution in [0.2, 0.25) is 0 Å². The molecule has 116 valence electrons. The Balaban J connectivity index is 1.84. The molecule has 1 aromatic rings. The lowest BCUT2D eigenvalue weighted by molar-refractivity contribution is -0.0344. The number of ether oxygens (including phenoxy) is 1. The number of rotatable bonds is 4. The maximum atomic E-state index is 5.95. The number of hydrogen-bond donors (Lipinski definition) is 1. The molecule has 1 atom stereocenters. The van der Waals surface area contributed by atoms with Gasteiger partial charge in [0.2, 0.25) is 0 Å². The minimum absolute atomic E-state index is 0.0378. The Kier molecular flexibility index (Phi) is 4.83. The number of nitrogens with zero attached hydrogens (tertiary/aromatic N) is 3. The van der Waals surface area contributed by atoms with Gasteiger partial charge in [-0.2, -0.15) is 0 Å². The maximum Gasteiger partial charge on any atom is 0.158 e. The third-order valence-electron chi connectivity index (χ3n) is 4.35. The molecule has 1 aromatic heterocycles. The molecular formula is C16H26N4O. The summed E-state index contributed by atoms with van der Waals surface area (Å²) in [6.07, 6.45) is 3.19. The molecule has 0 aromatic carbocycles. The van der Waals surface area contributed by atoms with Crippen LogP contribution >= 0.6 is 0 Å². The van der Waals surface area contributed by atoms with Crippen LogP contribution in [0.3, 0.4) is 0 Å². The topological polar surface area (TPSA) is 50.3 Å². The zero-order valence-corrected chi connectivity index (χ0v) is 13.2.